The number of fused-ring (bicyclic) bond motifs is 1. The zero-order chi connectivity index (χ0) is 11.2. The number of benzene rings is 1. The Morgan fingerprint density at radius 1 is 1.40 bits per heavy atom. The Kier molecular flexibility index (Phi) is 1.93. The molecule has 0 aliphatic heterocycles. The zero-order valence-corrected chi connectivity index (χ0v) is 8.54. The molecular formula is C12H11FO2. The summed E-state index contributed by atoms with van der Waals surface area (Å²) >= 11 is 0. The van der Waals surface area contributed by atoms with Crippen molar-refractivity contribution >= 4 is 5.78 Å². The van der Waals surface area contributed by atoms with Crippen LogP contribution in [0.15, 0.2) is 30.0 Å². The summed E-state index contributed by atoms with van der Waals surface area (Å²) in [5.41, 5.74) is 0.868. The van der Waals surface area contributed by atoms with Gasteiger partial charge >= 0.3 is 0 Å². The first kappa shape index (κ1) is 9.90. The van der Waals surface area contributed by atoms with Gasteiger partial charge in [-0.25, -0.2) is 4.39 Å². The molecule has 1 aromatic carbocycles. The second kappa shape index (κ2) is 2.92. The van der Waals surface area contributed by atoms with Crippen molar-refractivity contribution in [1.82, 2.24) is 0 Å². The number of rotatable bonds is 0. The van der Waals surface area contributed by atoms with Crippen LogP contribution in [0.2, 0.25) is 0 Å². The van der Waals surface area contributed by atoms with Crippen molar-refractivity contribution in [2.45, 2.75) is 19.3 Å². The van der Waals surface area contributed by atoms with Crippen LogP contribution in [0, 0.1) is 5.82 Å². The van der Waals surface area contributed by atoms with Gasteiger partial charge in [0.2, 0.25) is 0 Å². The van der Waals surface area contributed by atoms with Gasteiger partial charge in [0.05, 0.1) is 6.26 Å². The van der Waals surface area contributed by atoms with Gasteiger partial charge in [-0.05, 0) is 17.7 Å². The van der Waals surface area contributed by atoms with Crippen molar-refractivity contribution in [2.24, 2.45) is 0 Å². The van der Waals surface area contributed by atoms with Crippen molar-refractivity contribution in [3.05, 3.63) is 47.0 Å². The lowest BCUT2D eigenvalue weighted by molar-refractivity contribution is 0.103. The molecule has 0 amide bonds. The van der Waals surface area contributed by atoms with E-state index in [1.807, 2.05) is 13.8 Å². The number of halogens is 1. The third-order valence-corrected chi connectivity index (χ3v) is 2.95. The lowest BCUT2D eigenvalue weighted by atomic mass is 9.83. The van der Waals surface area contributed by atoms with Crippen molar-refractivity contribution in [3.63, 3.8) is 0 Å². The van der Waals surface area contributed by atoms with E-state index in [0.717, 1.165) is 11.8 Å². The van der Waals surface area contributed by atoms with Crippen LogP contribution in [-0.2, 0) is 5.41 Å². The normalized spacial score (nSPS) is 20.7. The van der Waals surface area contributed by atoms with Gasteiger partial charge in [-0.2, -0.15) is 0 Å². The minimum Gasteiger partial charge on any atom is -0.515 e. The zero-order valence-electron chi connectivity index (χ0n) is 8.54. The number of allylic oxidation sites excluding steroid dienone is 1. The average Bonchev–Trinajstić information content (AvgIpc) is 2.34. The molecule has 0 aromatic heterocycles. The van der Waals surface area contributed by atoms with Crippen LogP contribution >= 0.6 is 0 Å². The lowest BCUT2D eigenvalue weighted by Crippen LogP contribution is -2.16. The van der Waals surface area contributed by atoms with Gasteiger partial charge in [0, 0.05) is 16.6 Å². The van der Waals surface area contributed by atoms with Crippen molar-refractivity contribution < 1.29 is 14.3 Å². The quantitative estimate of drug-likeness (QED) is 0.523. The van der Waals surface area contributed by atoms with Crippen LogP contribution in [0.5, 0.6) is 0 Å². The first-order valence-electron chi connectivity index (χ1n) is 4.68. The van der Waals surface area contributed by atoms with Gasteiger partial charge < -0.3 is 5.11 Å². The highest BCUT2D eigenvalue weighted by molar-refractivity contribution is 6.15. The molecule has 2 rings (SSSR count). The molecule has 1 aliphatic rings. The lowest BCUT2D eigenvalue weighted by Gasteiger charge is -2.19. The SMILES string of the molecule is CC1(C)/C(=C/O)C(=O)c2cc(F)ccc21. The number of carbonyl (C=O) groups is 1. The largest absolute Gasteiger partial charge is 0.515 e. The molecule has 0 fully saturated rings. The first-order valence-corrected chi connectivity index (χ1v) is 4.68. The van der Waals surface area contributed by atoms with E-state index in [-0.39, 0.29) is 5.78 Å². The van der Waals surface area contributed by atoms with E-state index >= 15 is 0 Å². The van der Waals surface area contributed by atoms with Crippen LogP contribution in [0.3, 0.4) is 0 Å². The monoisotopic (exact) mass is 206 g/mol. The molecule has 0 unspecified atom stereocenters. The highest BCUT2D eigenvalue weighted by Crippen LogP contribution is 2.42. The molecular weight excluding hydrogens is 195 g/mol. The minimum absolute atomic E-state index is 0.294. The van der Waals surface area contributed by atoms with Gasteiger partial charge in [-0.1, -0.05) is 19.9 Å². The first-order chi connectivity index (χ1) is 6.98. The van der Waals surface area contributed by atoms with E-state index in [0.29, 0.717) is 11.1 Å². The van der Waals surface area contributed by atoms with Crippen molar-refractivity contribution in [1.29, 1.82) is 0 Å². The molecule has 0 atom stereocenters. The fraction of sp³-hybridized carbons (Fsp3) is 0.250. The topological polar surface area (TPSA) is 37.3 Å². The Balaban J connectivity index is 2.74. The Bertz CT molecular complexity index is 473. The highest BCUT2D eigenvalue weighted by Gasteiger charge is 2.41. The van der Waals surface area contributed by atoms with Crippen molar-refractivity contribution in [3.8, 4) is 0 Å². The molecule has 0 bridgehead atoms. The van der Waals surface area contributed by atoms with Crippen LogP contribution in [0.4, 0.5) is 4.39 Å². The van der Waals surface area contributed by atoms with Crippen LogP contribution in [-0.4, -0.2) is 10.9 Å². The maximum Gasteiger partial charge on any atom is 0.193 e. The molecule has 0 spiro atoms. The summed E-state index contributed by atoms with van der Waals surface area (Å²) in [6.45, 7) is 3.66. The number of aliphatic hydroxyl groups excluding tert-OH is 1. The number of hydrogen-bond donors (Lipinski definition) is 1. The summed E-state index contributed by atoms with van der Waals surface area (Å²) in [5.74, 6) is -0.728. The number of aliphatic hydroxyl groups is 1. The molecule has 1 aliphatic carbocycles. The summed E-state index contributed by atoms with van der Waals surface area (Å²) < 4.78 is 13.0. The number of Topliss-reactive ketones (excluding diaryl/α,β-unsaturated/α-hetero) is 1. The van der Waals surface area contributed by atoms with Gasteiger partial charge in [0.25, 0.3) is 0 Å². The Hall–Kier alpha value is -1.64. The molecule has 0 radical (unpaired) electrons. The third-order valence-electron chi connectivity index (χ3n) is 2.95. The molecule has 0 saturated carbocycles. The fourth-order valence-corrected chi connectivity index (χ4v) is 2.04. The van der Waals surface area contributed by atoms with Gasteiger partial charge in [0.1, 0.15) is 5.82 Å². The summed E-state index contributed by atoms with van der Waals surface area (Å²) in [6, 6.07) is 4.14. The minimum atomic E-state index is -0.547. The molecule has 1 N–H and O–H groups in total. The fourth-order valence-electron chi connectivity index (χ4n) is 2.04. The second-order valence-corrected chi connectivity index (χ2v) is 4.19. The molecule has 0 saturated heterocycles. The van der Waals surface area contributed by atoms with E-state index in [9.17, 15) is 9.18 Å². The summed E-state index contributed by atoms with van der Waals surface area (Å²) in [4.78, 5) is 11.8. The Morgan fingerprint density at radius 2 is 2.07 bits per heavy atom. The van der Waals surface area contributed by atoms with E-state index in [4.69, 9.17) is 5.11 Å². The molecule has 1 aromatic rings. The van der Waals surface area contributed by atoms with Crippen LogP contribution < -0.4 is 0 Å². The Labute approximate surface area is 87.0 Å². The third kappa shape index (κ3) is 1.19. The smallest absolute Gasteiger partial charge is 0.193 e. The molecule has 0 heterocycles. The molecule has 78 valence electrons. The van der Waals surface area contributed by atoms with Gasteiger partial charge in [0.15, 0.2) is 5.78 Å². The average molecular weight is 206 g/mol. The molecule has 15 heavy (non-hydrogen) atoms. The molecule has 3 heteroatoms. The van der Waals surface area contributed by atoms with E-state index in [2.05, 4.69) is 0 Å². The second-order valence-electron chi connectivity index (χ2n) is 4.19. The van der Waals surface area contributed by atoms with Gasteiger partial charge in [-0.3, -0.25) is 4.79 Å². The van der Waals surface area contributed by atoms with Gasteiger partial charge in [-0.15, -0.1) is 0 Å². The Morgan fingerprint density at radius 3 is 2.67 bits per heavy atom. The number of carbonyl (C=O) groups excluding carboxylic acids is 1. The van der Waals surface area contributed by atoms with E-state index < -0.39 is 11.2 Å². The predicted molar refractivity (Wildman–Crippen MR) is 54.5 cm³/mol. The summed E-state index contributed by atoms with van der Waals surface area (Å²) in [5, 5.41) is 9.04. The standard InChI is InChI=1S/C12H11FO2/c1-12(2)9-4-3-7(13)5-8(9)11(15)10(12)6-14/h3-6,14H,1-2H3/b10-6+. The highest BCUT2D eigenvalue weighted by atomic mass is 19.1. The maximum absolute atomic E-state index is 13.0. The predicted octanol–water partition coefficient (Wildman–Crippen LogP) is 2.74. The number of hydrogen-bond acceptors (Lipinski definition) is 2. The van der Waals surface area contributed by atoms with Crippen LogP contribution in [0.1, 0.15) is 29.8 Å². The summed E-state index contributed by atoms with van der Waals surface area (Å²) in [7, 11) is 0. The van der Waals surface area contributed by atoms with Crippen molar-refractivity contribution in [2.75, 3.05) is 0 Å². The summed E-state index contributed by atoms with van der Waals surface area (Å²) in [6.07, 6.45) is 0.820. The molecule has 2 nitrogen and oxygen atoms in total. The van der Waals surface area contributed by atoms with E-state index in [1.165, 1.54) is 12.1 Å². The van der Waals surface area contributed by atoms with Crippen LogP contribution in [0.25, 0.3) is 0 Å². The van der Waals surface area contributed by atoms with E-state index in [1.54, 1.807) is 6.07 Å². The maximum atomic E-state index is 13.0. The number of ketones is 1.